The van der Waals surface area contributed by atoms with E-state index in [1.54, 1.807) is 12.3 Å². The highest BCUT2D eigenvalue weighted by atomic mass is 16.6. The maximum absolute atomic E-state index is 10.1. The van der Waals surface area contributed by atoms with Crippen molar-refractivity contribution in [3.05, 3.63) is 35.9 Å². The van der Waals surface area contributed by atoms with E-state index < -0.39 is 24.5 Å². The van der Waals surface area contributed by atoms with Crippen LogP contribution in [0.3, 0.4) is 0 Å². The molecule has 20 heavy (non-hydrogen) atoms. The summed E-state index contributed by atoms with van der Waals surface area (Å²) in [7, 11) is 0. The first-order chi connectivity index (χ1) is 9.72. The Morgan fingerprint density at radius 2 is 2.00 bits per heavy atom. The SMILES string of the molecule is OC[C@H]1OC(N2N=CC=Cc3ccccc32)[C@H](O)[C@@H]1O. The molecule has 0 amide bonds. The van der Waals surface area contributed by atoms with Gasteiger partial charge in [0.15, 0.2) is 6.23 Å². The molecule has 6 heteroatoms. The van der Waals surface area contributed by atoms with Crippen LogP contribution in [-0.2, 0) is 4.74 Å². The molecule has 2 heterocycles. The predicted molar refractivity (Wildman–Crippen MR) is 74.2 cm³/mol. The Balaban J connectivity index is 1.95. The number of hydrogen-bond donors (Lipinski definition) is 3. The van der Waals surface area contributed by atoms with Gasteiger partial charge in [-0.1, -0.05) is 24.3 Å². The van der Waals surface area contributed by atoms with Crippen LogP contribution in [0.25, 0.3) is 6.08 Å². The topological polar surface area (TPSA) is 85.5 Å². The lowest BCUT2D eigenvalue weighted by atomic mass is 10.1. The van der Waals surface area contributed by atoms with Crippen molar-refractivity contribution in [3.63, 3.8) is 0 Å². The third-order valence-corrected chi connectivity index (χ3v) is 3.49. The summed E-state index contributed by atoms with van der Waals surface area (Å²) in [5.41, 5.74) is 1.70. The van der Waals surface area contributed by atoms with Crippen LogP contribution in [0.5, 0.6) is 0 Å². The molecule has 1 fully saturated rings. The zero-order valence-corrected chi connectivity index (χ0v) is 10.7. The van der Waals surface area contributed by atoms with Gasteiger partial charge >= 0.3 is 0 Å². The van der Waals surface area contributed by atoms with Gasteiger partial charge in [0.05, 0.1) is 12.3 Å². The van der Waals surface area contributed by atoms with Crippen LogP contribution in [0.4, 0.5) is 5.69 Å². The number of benzene rings is 1. The minimum Gasteiger partial charge on any atom is -0.394 e. The molecule has 0 saturated carbocycles. The summed E-state index contributed by atoms with van der Waals surface area (Å²) in [5.74, 6) is 0. The Morgan fingerprint density at radius 3 is 2.75 bits per heavy atom. The monoisotopic (exact) mass is 276 g/mol. The van der Waals surface area contributed by atoms with E-state index in [-0.39, 0.29) is 6.61 Å². The van der Waals surface area contributed by atoms with Crippen LogP contribution in [0, 0.1) is 0 Å². The van der Waals surface area contributed by atoms with Gasteiger partial charge in [0.2, 0.25) is 0 Å². The molecule has 3 N–H and O–H groups in total. The van der Waals surface area contributed by atoms with Crippen LogP contribution in [0.2, 0.25) is 0 Å². The van der Waals surface area contributed by atoms with E-state index in [0.29, 0.717) is 0 Å². The van der Waals surface area contributed by atoms with E-state index in [9.17, 15) is 10.2 Å². The summed E-state index contributed by atoms with van der Waals surface area (Å²) in [6.07, 6.45) is 1.36. The standard InChI is InChI=1S/C14H16N2O4/c17-8-11-12(18)13(19)14(20-11)16-10-6-2-1-4-9(10)5-3-7-15-16/h1-7,11-14,17-19H,8H2/t11-,12-,13-,14?/m1/s1. The van der Waals surface area contributed by atoms with Crippen LogP contribution in [0.1, 0.15) is 5.56 Å². The lowest BCUT2D eigenvalue weighted by Crippen LogP contribution is -2.41. The van der Waals surface area contributed by atoms with Crippen molar-refractivity contribution in [2.45, 2.75) is 24.5 Å². The Bertz CT molecular complexity index is 546. The fourth-order valence-electron chi connectivity index (χ4n) is 2.44. The van der Waals surface area contributed by atoms with Crippen LogP contribution >= 0.6 is 0 Å². The molecule has 0 radical (unpaired) electrons. The van der Waals surface area contributed by atoms with E-state index >= 15 is 0 Å². The second kappa shape index (κ2) is 5.34. The van der Waals surface area contributed by atoms with Crippen molar-refractivity contribution < 1.29 is 20.1 Å². The third-order valence-electron chi connectivity index (χ3n) is 3.49. The van der Waals surface area contributed by atoms with Crippen molar-refractivity contribution >= 4 is 18.0 Å². The molecule has 2 aliphatic heterocycles. The first-order valence-corrected chi connectivity index (χ1v) is 6.43. The molecule has 0 spiro atoms. The van der Waals surface area contributed by atoms with Crippen molar-refractivity contribution in [3.8, 4) is 0 Å². The average molecular weight is 276 g/mol. The second-order valence-corrected chi connectivity index (χ2v) is 4.76. The number of fused-ring (bicyclic) bond motifs is 1. The van der Waals surface area contributed by atoms with Gasteiger partial charge in [-0.15, -0.1) is 0 Å². The number of rotatable bonds is 2. The number of ether oxygens (including phenoxy) is 1. The Labute approximate surface area is 116 Å². The number of para-hydroxylation sites is 1. The molecule has 4 atom stereocenters. The van der Waals surface area contributed by atoms with E-state index in [0.717, 1.165) is 11.3 Å². The molecule has 1 aromatic carbocycles. The summed E-state index contributed by atoms with van der Waals surface area (Å²) >= 11 is 0. The average Bonchev–Trinajstić information content (AvgIpc) is 2.67. The molecule has 1 saturated heterocycles. The van der Waals surface area contributed by atoms with Crippen molar-refractivity contribution in [2.75, 3.05) is 11.6 Å². The van der Waals surface area contributed by atoms with Crippen molar-refractivity contribution in [1.82, 2.24) is 0 Å². The molecule has 106 valence electrons. The van der Waals surface area contributed by atoms with Crippen LogP contribution in [-0.4, -0.2) is 52.7 Å². The lowest BCUT2D eigenvalue weighted by molar-refractivity contribution is -0.0223. The number of hydrazone groups is 1. The maximum Gasteiger partial charge on any atom is 0.179 e. The fourth-order valence-corrected chi connectivity index (χ4v) is 2.44. The first-order valence-electron chi connectivity index (χ1n) is 6.43. The smallest absolute Gasteiger partial charge is 0.179 e. The molecule has 0 bridgehead atoms. The highest BCUT2D eigenvalue weighted by Crippen LogP contribution is 2.31. The zero-order chi connectivity index (χ0) is 14.1. The van der Waals surface area contributed by atoms with Gasteiger partial charge in [-0.05, 0) is 17.7 Å². The predicted octanol–water partition coefficient (Wildman–Crippen LogP) is -0.0554. The number of nitrogens with zero attached hydrogens (tertiary/aromatic N) is 2. The van der Waals surface area contributed by atoms with Gasteiger partial charge in [0.1, 0.15) is 18.3 Å². The molecule has 1 unspecified atom stereocenters. The van der Waals surface area contributed by atoms with Crippen molar-refractivity contribution in [2.24, 2.45) is 5.10 Å². The van der Waals surface area contributed by atoms with Gasteiger partial charge in [-0.3, -0.25) is 0 Å². The van der Waals surface area contributed by atoms with Gasteiger partial charge in [0.25, 0.3) is 0 Å². The maximum atomic E-state index is 10.1. The number of aliphatic hydroxyl groups is 3. The quantitative estimate of drug-likeness (QED) is 0.705. The number of aliphatic hydroxyl groups excluding tert-OH is 3. The molecule has 6 nitrogen and oxygen atoms in total. The Hall–Kier alpha value is -1.73. The highest BCUT2D eigenvalue weighted by molar-refractivity contribution is 5.84. The largest absolute Gasteiger partial charge is 0.394 e. The number of allylic oxidation sites excluding steroid dienone is 1. The van der Waals surface area contributed by atoms with Crippen molar-refractivity contribution in [1.29, 1.82) is 0 Å². The molecule has 3 rings (SSSR count). The van der Waals surface area contributed by atoms with E-state index in [1.807, 2.05) is 30.3 Å². The summed E-state index contributed by atoms with van der Waals surface area (Å²) < 4.78 is 5.52. The normalized spacial score (nSPS) is 32.2. The molecule has 0 aromatic heterocycles. The van der Waals surface area contributed by atoms with Gasteiger partial charge in [-0.2, -0.15) is 5.10 Å². The van der Waals surface area contributed by atoms with Gasteiger partial charge in [-0.25, -0.2) is 5.01 Å². The number of anilines is 1. The zero-order valence-electron chi connectivity index (χ0n) is 10.7. The summed E-state index contributed by atoms with van der Waals surface area (Å²) in [5, 5.41) is 34.9. The lowest BCUT2D eigenvalue weighted by Gasteiger charge is -2.28. The molecule has 0 aliphatic carbocycles. The summed E-state index contributed by atoms with van der Waals surface area (Å²) in [6, 6.07) is 7.55. The van der Waals surface area contributed by atoms with Gasteiger partial charge in [0, 0.05) is 6.21 Å². The minimum absolute atomic E-state index is 0.355. The minimum atomic E-state index is -1.14. The fraction of sp³-hybridized carbons (Fsp3) is 0.357. The Morgan fingerprint density at radius 1 is 1.20 bits per heavy atom. The molecular weight excluding hydrogens is 260 g/mol. The Kier molecular flexibility index (Phi) is 3.54. The summed E-state index contributed by atoms with van der Waals surface area (Å²) in [6.45, 7) is -0.355. The highest BCUT2D eigenvalue weighted by Gasteiger charge is 2.46. The number of hydrogen-bond acceptors (Lipinski definition) is 6. The van der Waals surface area contributed by atoms with E-state index in [2.05, 4.69) is 5.10 Å². The second-order valence-electron chi connectivity index (χ2n) is 4.76. The van der Waals surface area contributed by atoms with Crippen LogP contribution in [0.15, 0.2) is 35.4 Å². The van der Waals surface area contributed by atoms with Crippen LogP contribution < -0.4 is 5.01 Å². The van der Waals surface area contributed by atoms with E-state index in [1.165, 1.54) is 5.01 Å². The summed E-state index contributed by atoms with van der Waals surface area (Å²) in [4.78, 5) is 0. The molecular formula is C14H16N2O4. The third kappa shape index (κ3) is 2.12. The van der Waals surface area contributed by atoms with Gasteiger partial charge < -0.3 is 20.1 Å². The van der Waals surface area contributed by atoms with E-state index in [4.69, 9.17) is 9.84 Å². The molecule has 1 aromatic rings. The molecule has 2 aliphatic rings. The first kappa shape index (κ1) is 13.3.